The lowest BCUT2D eigenvalue weighted by atomic mass is 9.92. The van der Waals surface area contributed by atoms with E-state index in [4.69, 9.17) is 0 Å². The van der Waals surface area contributed by atoms with Crippen LogP contribution in [0.4, 0.5) is 5.69 Å². The first-order chi connectivity index (χ1) is 13.8. The molecule has 6 nitrogen and oxygen atoms in total. The van der Waals surface area contributed by atoms with Crippen molar-refractivity contribution in [2.24, 2.45) is 5.92 Å². The summed E-state index contributed by atoms with van der Waals surface area (Å²) in [6.45, 7) is 7.43. The molecule has 30 heavy (non-hydrogen) atoms. The van der Waals surface area contributed by atoms with Gasteiger partial charge in [-0.05, 0) is 88.0 Å². The molecule has 1 atom stereocenters. The number of hydrogen-bond acceptors (Lipinski definition) is 4. The van der Waals surface area contributed by atoms with E-state index in [0.717, 1.165) is 37.2 Å². The fourth-order valence-corrected chi connectivity index (χ4v) is 5.11. The number of nitrogens with one attached hydrogen (secondary N) is 3. The molecule has 1 amide bonds. The van der Waals surface area contributed by atoms with Gasteiger partial charge in [-0.2, -0.15) is 0 Å². The normalized spacial score (nSPS) is 15.8. The molecular weight excluding hydrogens is 422 g/mol. The fraction of sp³-hybridized carbons (Fsp3) is 0.409. The molecule has 0 bridgehead atoms. The maximum absolute atomic E-state index is 12.8. The van der Waals surface area contributed by atoms with E-state index in [2.05, 4.69) is 15.4 Å². The van der Waals surface area contributed by atoms with Gasteiger partial charge < -0.3 is 10.6 Å². The van der Waals surface area contributed by atoms with Crippen LogP contribution in [0.1, 0.15) is 41.3 Å². The molecule has 1 aliphatic rings. The minimum absolute atomic E-state index is 0. The van der Waals surface area contributed by atoms with E-state index >= 15 is 0 Å². The molecule has 164 valence electrons. The minimum Gasteiger partial charge on any atom is -0.322 e. The molecule has 0 aromatic heterocycles. The van der Waals surface area contributed by atoms with Gasteiger partial charge in [0.25, 0.3) is 5.91 Å². The van der Waals surface area contributed by atoms with Crippen molar-refractivity contribution in [3.8, 4) is 0 Å². The first-order valence-electron chi connectivity index (χ1n) is 9.98. The average Bonchev–Trinajstić information content (AvgIpc) is 2.70. The topological polar surface area (TPSA) is 87.3 Å². The maximum atomic E-state index is 12.8. The van der Waals surface area contributed by atoms with Gasteiger partial charge in [-0.25, -0.2) is 13.1 Å². The molecule has 3 N–H and O–H groups in total. The molecule has 0 aliphatic carbocycles. The molecule has 0 saturated carbocycles. The van der Waals surface area contributed by atoms with Crippen LogP contribution in [-0.4, -0.2) is 33.5 Å². The number of anilines is 1. The maximum Gasteiger partial charge on any atom is 0.255 e. The molecule has 0 unspecified atom stereocenters. The predicted molar refractivity (Wildman–Crippen MR) is 123 cm³/mol. The fourth-order valence-electron chi connectivity index (χ4n) is 3.71. The summed E-state index contributed by atoms with van der Waals surface area (Å²) in [5.74, 6) is 0.0723. The van der Waals surface area contributed by atoms with E-state index in [1.54, 1.807) is 19.1 Å². The lowest BCUT2D eigenvalue weighted by Gasteiger charge is -2.28. The second-order valence-corrected chi connectivity index (χ2v) is 9.46. The highest BCUT2D eigenvalue weighted by Gasteiger charge is 2.25. The Morgan fingerprint density at radius 3 is 2.37 bits per heavy atom. The number of amides is 1. The third-order valence-corrected chi connectivity index (χ3v) is 7.13. The zero-order valence-corrected chi connectivity index (χ0v) is 19.2. The summed E-state index contributed by atoms with van der Waals surface area (Å²) in [6, 6.07) is 12.0. The second kappa shape index (κ2) is 10.4. The Labute approximate surface area is 185 Å². The van der Waals surface area contributed by atoms with E-state index in [0.29, 0.717) is 17.0 Å². The van der Waals surface area contributed by atoms with Crippen molar-refractivity contribution in [1.29, 1.82) is 0 Å². The van der Waals surface area contributed by atoms with Gasteiger partial charge in [0.2, 0.25) is 10.0 Å². The first kappa shape index (κ1) is 24.3. The Bertz CT molecular complexity index is 989. The van der Waals surface area contributed by atoms with Gasteiger partial charge in [0.15, 0.2) is 0 Å². The van der Waals surface area contributed by atoms with Crippen LogP contribution in [0, 0.1) is 19.8 Å². The molecular formula is C22H30ClN3O3S. The highest BCUT2D eigenvalue weighted by Crippen LogP contribution is 2.21. The van der Waals surface area contributed by atoms with Crippen LogP contribution < -0.4 is 15.4 Å². The Balaban J connectivity index is 0.00000320. The zero-order chi connectivity index (χ0) is 21.0. The Morgan fingerprint density at radius 1 is 1.07 bits per heavy atom. The largest absolute Gasteiger partial charge is 0.322 e. The lowest BCUT2D eigenvalue weighted by Crippen LogP contribution is -2.42. The van der Waals surface area contributed by atoms with Gasteiger partial charge in [-0.15, -0.1) is 12.4 Å². The number of para-hydroxylation sites is 1. The standard InChI is InChI=1S/C22H29N3O3S.ClH/c1-15-6-4-5-7-21(15)24-22(26)20-9-8-19(14-16(20)2)29(27,28)25-17(3)18-10-12-23-13-11-18;/h4-9,14,17-18,23,25H,10-13H2,1-3H3,(H,24,26);1H/t17-;/m1./s1. The highest BCUT2D eigenvalue weighted by molar-refractivity contribution is 7.89. The van der Waals surface area contributed by atoms with E-state index in [1.807, 2.05) is 38.1 Å². The number of aryl methyl sites for hydroxylation is 2. The Hall–Kier alpha value is -1.93. The SMILES string of the molecule is Cc1ccccc1NC(=O)c1ccc(S(=O)(=O)N[C@H](C)C2CCNCC2)cc1C.Cl. The number of sulfonamides is 1. The van der Waals surface area contributed by atoms with Gasteiger partial charge in [0.05, 0.1) is 4.90 Å². The summed E-state index contributed by atoms with van der Waals surface area (Å²) in [6.07, 6.45) is 1.92. The lowest BCUT2D eigenvalue weighted by molar-refractivity contribution is 0.102. The smallest absolute Gasteiger partial charge is 0.255 e. The van der Waals surface area contributed by atoms with Crippen molar-refractivity contribution in [2.45, 2.75) is 44.6 Å². The zero-order valence-electron chi connectivity index (χ0n) is 17.6. The molecule has 1 saturated heterocycles. The molecule has 8 heteroatoms. The second-order valence-electron chi connectivity index (χ2n) is 7.74. The Kier molecular flexibility index (Phi) is 8.43. The van der Waals surface area contributed by atoms with Crippen molar-refractivity contribution in [3.63, 3.8) is 0 Å². The van der Waals surface area contributed by atoms with Gasteiger partial charge >= 0.3 is 0 Å². The van der Waals surface area contributed by atoms with Gasteiger partial charge in [0, 0.05) is 17.3 Å². The van der Waals surface area contributed by atoms with Crippen molar-refractivity contribution in [1.82, 2.24) is 10.0 Å². The number of halogens is 1. The van der Waals surface area contributed by atoms with Crippen molar-refractivity contribution >= 4 is 34.0 Å². The summed E-state index contributed by atoms with van der Waals surface area (Å²) in [4.78, 5) is 12.8. The molecule has 2 aromatic rings. The van der Waals surface area contributed by atoms with Crippen LogP contribution in [0.2, 0.25) is 0 Å². The van der Waals surface area contributed by atoms with Gasteiger partial charge in [-0.3, -0.25) is 4.79 Å². The summed E-state index contributed by atoms with van der Waals surface area (Å²) >= 11 is 0. The van der Waals surface area contributed by atoms with Gasteiger partial charge in [0.1, 0.15) is 0 Å². The summed E-state index contributed by atoms with van der Waals surface area (Å²) in [5.41, 5.74) is 2.78. The first-order valence-corrected chi connectivity index (χ1v) is 11.5. The number of carbonyl (C=O) groups is 1. The van der Waals surface area contributed by atoms with Crippen LogP contribution >= 0.6 is 12.4 Å². The predicted octanol–water partition coefficient (Wildman–Crippen LogP) is 3.64. The number of piperidine rings is 1. The molecule has 1 fully saturated rings. The van der Waals surface area contributed by atoms with E-state index in [9.17, 15) is 13.2 Å². The van der Waals surface area contributed by atoms with Crippen LogP contribution in [0.3, 0.4) is 0 Å². The van der Waals surface area contributed by atoms with Gasteiger partial charge in [-0.1, -0.05) is 18.2 Å². The van der Waals surface area contributed by atoms with E-state index in [1.165, 1.54) is 6.07 Å². The molecule has 1 heterocycles. The third-order valence-electron chi connectivity index (χ3n) is 5.58. The summed E-state index contributed by atoms with van der Waals surface area (Å²) in [7, 11) is -3.64. The number of hydrogen-bond donors (Lipinski definition) is 3. The van der Waals surface area contributed by atoms with E-state index in [-0.39, 0.29) is 29.3 Å². The summed E-state index contributed by atoms with van der Waals surface area (Å²) in [5, 5.41) is 6.18. The van der Waals surface area contributed by atoms with Crippen molar-refractivity contribution < 1.29 is 13.2 Å². The molecule has 0 spiro atoms. The highest BCUT2D eigenvalue weighted by atomic mass is 35.5. The number of rotatable bonds is 6. The van der Waals surface area contributed by atoms with Crippen LogP contribution in [0.15, 0.2) is 47.4 Å². The Morgan fingerprint density at radius 2 is 1.73 bits per heavy atom. The van der Waals surface area contributed by atoms with Crippen LogP contribution in [0.5, 0.6) is 0 Å². The van der Waals surface area contributed by atoms with Crippen molar-refractivity contribution in [3.05, 3.63) is 59.2 Å². The van der Waals surface area contributed by atoms with E-state index < -0.39 is 10.0 Å². The number of benzene rings is 2. The van der Waals surface area contributed by atoms with Crippen LogP contribution in [-0.2, 0) is 10.0 Å². The average molecular weight is 452 g/mol. The molecule has 2 aromatic carbocycles. The third kappa shape index (κ3) is 5.82. The van der Waals surface area contributed by atoms with Crippen molar-refractivity contribution in [2.75, 3.05) is 18.4 Å². The summed E-state index contributed by atoms with van der Waals surface area (Å²) < 4.78 is 28.5. The molecule has 1 aliphatic heterocycles. The molecule has 0 radical (unpaired) electrons. The monoisotopic (exact) mass is 451 g/mol. The van der Waals surface area contributed by atoms with Crippen LogP contribution in [0.25, 0.3) is 0 Å². The quantitative estimate of drug-likeness (QED) is 0.625. The molecule has 3 rings (SSSR count). The minimum atomic E-state index is -3.64. The number of carbonyl (C=O) groups excluding carboxylic acids is 1.